The van der Waals surface area contributed by atoms with Crippen molar-refractivity contribution in [3.63, 3.8) is 0 Å². The standard InChI is InChI=1S/C11H8N4/c12-5-8-2-1-3-15-11(8)9-4-10(13)7-14-6-9/h1-4,6-7H,13H2. The van der Waals surface area contributed by atoms with Crippen molar-refractivity contribution >= 4 is 5.69 Å². The van der Waals surface area contributed by atoms with Crippen molar-refractivity contribution in [1.29, 1.82) is 5.26 Å². The molecule has 0 amide bonds. The summed E-state index contributed by atoms with van der Waals surface area (Å²) in [6.07, 6.45) is 4.83. The molecule has 2 rings (SSSR count). The first-order valence-electron chi connectivity index (χ1n) is 4.37. The minimum absolute atomic E-state index is 0.518. The SMILES string of the molecule is N#Cc1cccnc1-c1cncc(N)c1. The normalized spacial score (nSPS) is 9.53. The Balaban J connectivity index is 2.60. The molecule has 0 aliphatic rings. The second-order valence-corrected chi connectivity index (χ2v) is 3.02. The van der Waals surface area contributed by atoms with Crippen LogP contribution in [0.1, 0.15) is 5.56 Å². The molecule has 15 heavy (non-hydrogen) atoms. The lowest BCUT2D eigenvalue weighted by atomic mass is 10.1. The second-order valence-electron chi connectivity index (χ2n) is 3.02. The van der Waals surface area contributed by atoms with Gasteiger partial charge in [0.2, 0.25) is 0 Å². The summed E-state index contributed by atoms with van der Waals surface area (Å²) in [5, 5.41) is 8.91. The van der Waals surface area contributed by atoms with Crippen LogP contribution in [0.25, 0.3) is 11.3 Å². The van der Waals surface area contributed by atoms with E-state index in [2.05, 4.69) is 16.0 Å². The lowest BCUT2D eigenvalue weighted by molar-refractivity contribution is 1.27. The van der Waals surface area contributed by atoms with Crippen LogP contribution in [0.3, 0.4) is 0 Å². The fourth-order valence-electron chi connectivity index (χ4n) is 1.31. The molecule has 72 valence electrons. The summed E-state index contributed by atoms with van der Waals surface area (Å²) in [6, 6.07) is 7.27. The number of nitrogens with zero attached hydrogens (tertiary/aromatic N) is 3. The van der Waals surface area contributed by atoms with Crippen LogP contribution in [0.15, 0.2) is 36.8 Å². The van der Waals surface area contributed by atoms with E-state index in [4.69, 9.17) is 11.0 Å². The Hall–Kier alpha value is -2.41. The third-order valence-corrected chi connectivity index (χ3v) is 1.96. The number of anilines is 1. The third kappa shape index (κ3) is 1.76. The Morgan fingerprint density at radius 3 is 2.93 bits per heavy atom. The van der Waals surface area contributed by atoms with Gasteiger partial charge < -0.3 is 5.73 Å². The van der Waals surface area contributed by atoms with Gasteiger partial charge in [0.15, 0.2) is 0 Å². The van der Waals surface area contributed by atoms with Crippen LogP contribution in [-0.4, -0.2) is 9.97 Å². The van der Waals surface area contributed by atoms with Crippen LogP contribution in [0, 0.1) is 11.3 Å². The Morgan fingerprint density at radius 2 is 2.20 bits per heavy atom. The Labute approximate surface area is 87.0 Å². The lowest BCUT2D eigenvalue weighted by Crippen LogP contribution is -1.91. The molecule has 2 heterocycles. The first kappa shape index (κ1) is 9.16. The number of nitrogen functional groups attached to an aromatic ring is 1. The van der Waals surface area contributed by atoms with Crippen molar-refractivity contribution in [1.82, 2.24) is 9.97 Å². The zero-order valence-electron chi connectivity index (χ0n) is 7.88. The molecular formula is C11H8N4. The van der Waals surface area contributed by atoms with Crippen LogP contribution in [-0.2, 0) is 0 Å². The van der Waals surface area contributed by atoms with Gasteiger partial charge in [-0.05, 0) is 18.2 Å². The highest BCUT2D eigenvalue weighted by atomic mass is 14.7. The van der Waals surface area contributed by atoms with E-state index >= 15 is 0 Å². The van der Waals surface area contributed by atoms with E-state index < -0.39 is 0 Å². The van der Waals surface area contributed by atoms with Gasteiger partial charge in [-0.3, -0.25) is 9.97 Å². The monoisotopic (exact) mass is 196 g/mol. The summed E-state index contributed by atoms with van der Waals surface area (Å²) in [5.74, 6) is 0. The Kier molecular flexibility index (Phi) is 2.30. The van der Waals surface area contributed by atoms with E-state index in [1.165, 1.54) is 0 Å². The van der Waals surface area contributed by atoms with E-state index in [1.807, 2.05) is 0 Å². The highest BCUT2D eigenvalue weighted by Crippen LogP contribution is 2.20. The molecule has 0 aliphatic heterocycles. The van der Waals surface area contributed by atoms with E-state index in [0.29, 0.717) is 16.9 Å². The van der Waals surface area contributed by atoms with Crippen LogP contribution < -0.4 is 5.73 Å². The summed E-state index contributed by atoms with van der Waals surface area (Å²) in [4.78, 5) is 8.10. The molecule has 4 heteroatoms. The van der Waals surface area contributed by atoms with Crippen LogP contribution in [0.2, 0.25) is 0 Å². The molecule has 0 unspecified atom stereocenters. The fraction of sp³-hybridized carbons (Fsp3) is 0. The first-order valence-corrected chi connectivity index (χ1v) is 4.37. The minimum Gasteiger partial charge on any atom is -0.397 e. The summed E-state index contributed by atoms with van der Waals surface area (Å²) in [7, 11) is 0. The van der Waals surface area contributed by atoms with Gasteiger partial charge in [-0.15, -0.1) is 0 Å². The zero-order valence-corrected chi connectivity index (χ0v) is 7.88. The van der Waals surface area contributed by atoms with E-state index in [9.17, 15) is 0 Å². The highest BCUT2D eigenvalue weighted by molar-refractivity contribution is 5.67. The number of hydrogen-bond donors (Lipinski definition) is 1. The van der Waals surface area contributed by atoms with E-state index in [-0.39, 0.29) is 0 Å². The topological polar surface area (TPSA) is 75.6 Å². The number of rotatable bonds is 1. The van der Waals surface area contributed by atoms with Gasteiger partial charge in [-0.1, -0.05) is 0 Å². The molecule has 0 aromatic carbocycles. The molecule has 2 aromatic heterocycles. The second kappa shape index (κ2) is 3.76. The van der Waals surface area contributed by atoms with E-state index in [1.54, 1.807) is 36.8 Å². The average molecular weight is 196 g/mol. The molecule has 0 aliphatic carbocycles. The molecule has 4 nitrogen and oxygen atoms in total. The van der Waals surface area contributed by atoms with E-state index in [0.717, 1.165) is 5.56 Å². The van der Waals surface area contributed by atoms with Crippen LogP contribution >= 0.6 is 0 Å². The number of nitrogens with two attached hydrogens (primary N) is 1. The molecule has 2 aromatic rings. The quantitative estimate of drug-likeness (QED) is 0.751. The van der Waals surface area contributed by atoms with Gasteiger partial charge in [0.05, 0.1) is 16.9 Å². The summed E-state index contributed by atoms with van der Waals surface area (Å²) in [5.41, 5.74) is 8.06. The first-order chi connectivity index (χ1) is 7.31. The lowest BCUT2D eigenvalue weighted by Gasteiger charge is -2.02. The van der Waals surface area contributed by atoms with Gasteiger partial charge in [0.1, 0.15) is 6.07 Å². The maximum absolute atomic E-state index is 8.91. The van der Waals surface area contributed by atoms with Crippen molar-refractivity contribution in [2.75, 3.05) is 5.73 Å². The fourth-order valence-corrected chi connectivity index (χ4v) is 1.31. The minimum atomic E-state index is 0.518. The van der Waals surface area contributed by atoms with Gasteiger partial charge in [-0.25, -0.2) is 0 Å². The smallest absolute Gasteiger partial charge is 0.101 e. The number of aromatic nitrogens is 2. The Bertz CT molecular complexity index is 528. The Morgan fingerprint density at radius 1 is 1.33 bits per heavy atom. The predicted octanol–water partition coefficient (Wildman–Crippen LogP) is 1.60. The van der Waals surface area contributed by atoms with Gasteiger partial charge >= 0.3 is 0 Å². The number of nitriles is 1. The predicted molar refractivity (Wildman–Crippen MR) is 56.6 cm³/mol. The third-order valence-electron chi connectivity index (χ3n) is 1.96. The van der Waals surface area contributed by atoms with Crippen molar-refractivity contribution in [3.8, 4) is 17.3 Å². The number of pyridine rings is 2. The van der Waals surface area contributed by atoms with Gasteiger partial charge in [0.25, 0.3) is 0 Å². The van der Waals surface area contributed by atoms with Crippen molar-refractivity contribution in [3.05, 3.63) is 42.4 Å². The molecule has 0 saturated heterocycles. The molecular weight excluding hydrogens is 188 g/mol. The molecule has 0 bridgehead atoms. The van der Waals surface area contributed by atoms with Crippen molar-refractivity contribution < 1.29 is 0 Å². The van der Waals surface area contributed by atoms with Crippen molar-refractivity contribution in [2.24, 2.45) is 0 Å². The molecule has 0 atom stereocenters. The van der Waals surface area contributed by atoms with Crippen molar-refractivity contribution in [2.45, 2.75) is 0 Å². The maximum atomic E-state index is 8.91. The van der Waals surface area contributed by atoms with Crippen LogP contribution in [0.5, 0.6) is 0 Å². The zero-order chi connectivity index (χ0) is 10.7. The maximum Gasteiger partial charge on any atom is 0.101 e. The molecule has 0 saturated carbocycles. The number of hydrogen-bond acceptors (Lipinski definition) is 4. The molecule has 2 N–H and O–H groups in total. The highest BCUT2D eigenvalue weighted by Gasteiger charge is 2.05. The molecule has 0 fully saturated rings. The summed E-state index contributed by atoms with van der Waals surface area (Å²) >= 11 is 0. The van der Waals surface area contributed by atoms with Gasteiger partial charge in [-0.2, -0.15) is 5.26 Å². The van der Waals surface area contributed by atoms with Gasteiger partial charge in [0, 0.05) is 24.2 Å². The average Bonchev–Trinajstić information content (AvgIpc) is 2.29. The van der Waals surface area contributed by atoms with Crippen LogP contribution in [0.4, 0.5) is 5.69 Å². The largest absolute Gasteiger partial charge is 0.397 e. The summed E-state index contributed by atoms with van der Waals surface area (Å²) < 4.78 is 0. The summed E-state index contributed by atoms with van der Waals surface area (Å²) in [6.45, 7) is 0. The molecule has 0 spiro atoms. The molecule has 0 radical (unpaired) electrons.